The third-order valence-corrected chi connectivity index (χ3v) is 4.62. The third-order valence-electron chi connectivity index (χ3n) is 4.62. The molecule has 0 atom stereocenters. The zero-order valence-corrected chi connectivity index (χ0v) is 20.8. The Morgan fingerprint density at radius 2 is 1.54 bits per heavy atom. The van der Waals surface area contributed by atoms with Crippen molar-refractivity contribution in [2.75, 3.05) is 13.2 Å². The summed E-state index contributed by atoms with van der Waals surface area (Å²) in [5.41, 5.74) is 0.764. The zero-order valence-electron chi connectivity index (χ0n) is 18.8. The van der Waals surface area contributed by atoms with Crippen LogP contribution >= 0.6 is 0 Å². The van der Waals surface area contributed by atoms with Crippen LogP contribution in [0, 0.1) is 5.41 Å². The molecule has 0 unspecified atom stereocenters. The summed E-state index contributed by atoms with van der Waals surface area (Å²) >= 11 is 0. The second-order valence-electron chi connectivity index (χ2n) is 7.88. The number of nitrogens with one attached hydrogen (secondary N) is 1. The van der Waals surface area contributed by atoms with E-state index in [1.54, 1.807) is 36.4 Å². The number of carbonyl (C=O) groups is 1. The normalized spacial score (nSPS) is 12.1. The molecular formula is C21H18F5N4NaO4. The molecule has 0 amide bonds. The number of aromatic nitrogens is 4. The molecule has 0 saturated heterocycles. The molecule has 3 aromatic rings. The number of alkyl halides is 5. The molecule has 0 aliphatic heterocycles. The summed E-state index contributed by atoms with van der Waals surface area (Å²) < 4.78 is 72.3. The number of hydrogen-bond acceptors (Lipinski definition) is 7. The number of nitrogens with zero attached hydrogens (tertiary/aromatic N) is 3. The van der Waals surface area contributed by atoms with Gasteiger partial charge >= 0.3 is 47.7 Å². The van der Waals surface area contributed by atoms with E-state index in [0.717, 1.165) is 5.56 Å². The van der Waals surface area contributed by atoms with Gasteiger partial charge in [0.2, 0.25) is 5.88 Å². The van der Waals surface area contributed by atoms with E-state index in [2.05, 4.69) is 24.9 Å². The Labute approximate surface area is 218 Å². The second kappa shape index (κ2) is 10.9. The maximum Gasteiger partial charge on any atom is 1.00 e. The van der Waals surface area contributed by atoms with E-state index in [1.165, 1.54) is 20.0 Å². The molecule has 1 N–H and O–H groups in total. The Morgan fingerprint density at radius 1 is 0.943 bits per heavy atom. The molecule has 182 valence electrons. The van der Waals surface area contributed by atoms with Crippen LogP contribution in [0.5, 0.6) is 11.9 Å². The van der Waals surface area contributed by atoms with Gasteiger partial charge in [-0.05, 0) is 11.6 Å². The molecule has 2 heterocycles. The molecule has 8 nitrogen and oxygen atoms in total. The van der Waals surface area contributed by atoms with Crippen LogP contribution in [0.25, 0.3) is 22.5 Å². The second-order valence-corrected chi connectivity index (χ2v) is 7.88. The van der Waals surface area contributed by atoms with E-state index in [-0.39, 0.29) is 47.9 Å². The first-order chi connectivity index (χ1) is 15.8. The Balaban J connectivity index is 0.00000432. The van der Waals surface area contributed by atoms with Crippen LogP contribution in [0.2, 0.25) is 0 Å². The molecule has 0 aliphatic rings. The maximum absolute atomic E-state index is 12.9. The van der Waals surface area contributed by atoms with Gasteiger partial charge in [0.05, 0.1) is 5.97 Å². The van der Waals surface area contributed by atoms with Crippen molar-refractivity contribution in [3.05, 3.63) is 42.6 Å². The summed E-state index contributed by atoms with van der Waals surface area (Å²) in [6.45, 7) is 0.886. The summed E-state index contributed by atoms with van der Waals surface area (Å²) in [4.78, 5) is 18.9. The van der Waals surface area contributed by atoms with Crippen LogP contribution in [0.4, 0.5) is 22.0 Å². The standard InChI is InChI=1S/C21H19F5N4O4.Na/c1-19(2,17(31)32)10-33-15-8-7-14(9-27-15)12-3-5-13(6-4-12)16-28-18(30-29-16)34-11-20(22,23)21(24,25)26;/h3-9H,10-11H2,1-2H3,(H,31,32)(H,28,29,30);/q;+1/p-1. The molecule has 0 fully saturated rings. The van der Waals surface area contributed by atoms with Crippen LogP contribution in [0.3, 0.4) is 0 Å². The van der Waals surface area contributed by atoms with Crippen molar-refractivity contribution in [2.24, 2.45) is 5.41 Å². The predicted molar refractivity (Wildman–Crippen MR) is 106 cm³/mol. The van der Waals surface area contributed by atoms with Crippen LogP contribution in [0.15, 0.2) is 42.6 Å². The van der Waals surface area contributed by atoms with Gasteiger partial charge in [0.25, 0.3) is 0 Å². The van der Waals surface area contributed by atoms with E-state index in [9.17, 15) is 31.9 Å². The monoisotopic (exact) mass is 508 g/mol. The molecular weight excluding hydrogens is 490 g/mol. The van der Waals surface area contributed by atoms with Crippen LogP contribution < -0.4 is 44.1 Å². The van der Waals surface area contributed by atoms with E-state index < -0.39 is 36.1 Å². The molecule has 0 spiro atoms. The van der Waals surface area contributed by atoms with E-state index in [4.69, 9.17) is 4.74 Å². The Bertz CT molecular complexity index is 1140. The van der Waals surface area contributed by atoms with Gasteiger partial charge in [0, 0.05) is 28.8 Å². The Hall–Kier alpha value is -2.77. The van der Waals surface area contributed by atoms with E-state index in [1.807, 2.05) is 0 Å². The zero-order chi connectivity index (χ0) is 25.1. The average Bonchev–Trinajstić information content (AvgIpc) is 3.25. The number of H-pyrrole nitrogens is 1. The number of pyridine rings is 1. The van der Waals surface area contributed by atoms with Gasteiger partial charge in [0.15, 0.2) is 12.4 Å². The molecule has 0 aliphatic carbocycles. The van der Waals surface area contributed by atoms with Crippen molar-refractivity contribution < 1.29 is 70.9 Å². The van der Waals surface area contributed by atoms with E-state index in [0.29, 0.717) is 11.1 Å². The minimum Gasteiger partial charge on any atom is -0.549 e. The number of carboxylic acid groups (broad SMARTS) is 1. The largest absolute Gasteiger partial charge is 1.00 e. The van der Waals surface area contributed by atoms with Crippen molar-refractivity contribution in [3.63, 3.8) is 0 Å². The molecule has 0 saturated carbocycles. The van der Waals surface area contributed by atoms with Gasteiger partial charge in [0.1, 0.15) is 6.61 Å². The first-order valence-corrected chi connectivity index (χ1v) is 9.69. The van der Waals surface area contributed by atoms with Crippen molar-refractivity contribution in [3.8, 4) is 34.4 Å². The summed E-state index contributed by atoms with van der Waals surface area (Å²) in [5.74, 6) is -5.93. The van der Waals surface area contributed by atoms with Crippen LogP contribution in [-0.4, -0.2) is 51.4 Å². The summed E-state index contributed by atoms with van der Waals surface area (Å²) in [6, 6.07) is 9.29. The fourth-order valence-corrected chi connectivity index (χ4v) is 2.45. The first-order valence-electron chi connectivity index (χ1n) is 9.69. The molecule has 14 heteroatoms. The molecule has 0 bridgehead atoms. The number of ether oxygens (including phenoxy) is 2. The number of carbonyl (C=O) groups excluding carboxylic acids is 1. The van der Waals surface area contributed by atoms with Crippen molar-refractivity contribution in [2.45, 2.75) is 25.9 Å². The number of carboxylic acids is 1. The predicted octanol–water partition coefficient (Wildman–Crippen LogP) is 0.269. The third kappa shape index (κ3) is 7.12. The summed E-state index contributed by atoms with van der Waals surface area (Å²) in [6.07, 6.45) is -4.22. The summed E-state index contributed by atoms with van der Waals surface area (Å²) in [7, 11) is 0. The Kier molecular flexibility index (Phi) is 8.84. The molecule has 35 heavy (non-hydrogen) atoms. The minimum absolute atomic E-state index is 0. The number of benzene rings is 1. The van der Waals surface area contributed by atoms with Crippen molar-refractivity contribution in [1.82, 2.24) is 20.2 Å². The van der Waals surface area contributed by atoms with Gasteiger partial charge in [-0.25, -0.2) is 4.98 Å². The number of halogens is 5. The van der Waals surface area contributed by atoms with Crippen molar-refractivity contribution >= 4 is 5.97 Å². The fourth-order valence-electron chi connectivity index (χ4n) is 2.45. The molecule has 0 radical (unpaired) electrons. The molecule has 1 aromatic carbocycles. The van der Waals surface area contributed by atoms with Crippen LogP contribution in [0.1, 0.15) is 13.8 Å². The molecule has 2 aromatic heterocycles. The van der Waals surface area contributed by atoms with E-state index >= 15 is 0 Å². The van der Waals surface area contributed by atoms with Crippen molar-refractivity contribution in [1.29, 1.82) is 0 Å². The number of aliphatic carboxylic acids is 1. The molecule has 3 rings (SSSR count). The number of rotatable bonds is 9. The minimum atomic E-state index is -5.74. The average molecular weight is 508 g/mol. The van der Waals surface area contributed by atoms with Gasteiger partial charge in [-0.15, -0.1) is 5.10 Å². The number of hydrogen-bond donors (Lipinski definition) is 1. The SMILES string of the molecule is CC(C)(COc1ccc(-c2ccc(-c3nc(OCC(F)(F)C(F)(F)F)n[nH]3)cc2)cn1)C(=O)[O-].[Na+]. The summed E-state index contributed by atoms with van der Waals surface area (Å²) in [5, 5.41) is 16.9. The van der Waals surface area contributed by atoms with Gasteiger partial charge in [-0.3, -0.25) is 5.10 Å². The quantitative estimate of drug-likeness (QED) is 0.326. The first kappa shape index (κ1) is 28.5. The maximum atomic E-state index is 12.9. The topological polar surface area (TPSA) is 113 Å². The van der Waals surface area contributed by atoms with Gasteiger partial charge in [-0.1, -0.05) is 38.1 Å². The smallest absolute Gasteiger partial charge is 0.549 e. The van der Waals surface area contributed by atoms with Gasteiger partial charge in [-0.2, -0.15) is 26.9 Å². The number of aromatic amines is 1. The Morgan fingerprint density at radius 3 is 2.09 bits per heavy atom. The van der Waals surface area contributed by atoms with Gasteiger partial charge < -0.3 is 19.4 Å². The van der Waals surface area contributed by atoms with Crippen LogP contribution in [-0.2, 0) is 4.79 Å². The fraction of sp³-hybridized carbons (Fsp3) is 0.333.